The summed E-state index contributed by atoms with van der Waals surface area (Å²) in [5, 5.41) is 2.18. The van der Waals surface area contributed by atoms with Gasteiger partial charge in [-0.2, -0.15) is 6.07 Å². The fourth-order valence-electron chi connectivity index (χ4n) is 10.8. The second-order valence-corrected chi connectivity index (χ2v) is 23.4. The summed E-state index contributed by atoms with van der Waals surface area (Å²) in [4.78, 5) is 9.87. The number of benzene rings is 9. The minimum absolute atomic E-state index is 0. The average Bonchev–Trinajstić information content (AvgIpc) is 4.16. The predicted octanol–water partition coefficient (Wildman–Crippen LogP) is 19.5. The van der Waals surface area contributed by atoms with Gasteiger partial charge in [0.25, 0.3) is 0 Å². The van der Waals surface area contributed by atoms with Crippen LogP contribution in [0, 0.1) is 18.8 Å². The molecule has 6 heteroatoms. The van der Waals surface area contributed by atoms with Crippen molar-refractivity contribution in [3.8, 4) is 61.8 Å². The largest absolute Gasteiger partial charge is 0.509 e. The third-order valence-corrected chi connectivity index (χ3v) is 15.0. The standard InChI is InChI=1S/C72H63N4O.Pt/c1-70(2,3)53-35-32-48(33-36-53)52-34-39-64-61(40-52)60-38-37-56(44-67(60)76(64)68-45-63(72(7,8)9)62(46-73-68)51-26-17-12-18-27-51)77-57-42-54(71(4,5)6)41-55(43-57)74-47-75(66-31-20-19-30-65(66)74)69-58(49-22-13-10-14-23-49)28-21-29-59(69)50-24-15-11-16-25-50;/h10-42,45-47H,1-9H3;/q-3;. The van der Waals surface area contributed by atoms with Crippen molar-refractivity contribution < 1.29 is 25.8 Å². The molecule has 0 radical (unpaired) electrons. The zero-order valence-electron chi connectivity index (χ0n) is 45.8. The molecule has 9 aromatic carbocycles. The van der Waals surface area contributed by atoms with Crippen molar-refractivity contribution in [1.29, 1.82) is 0 Å². The molecule has 0 unspecified atom stereocenters. The van der Waals surface area contributed by atoms with Crippen molar-refractivity contribution in [1.82, 2.24) is 9.55 Å². The fourth-order valence-corrected chi connectivity index (χ4v) is 10.8. The van der Waals surface area contributed by atoms with Crippen molar-refractivity contribution in [2.45, 2.75) is 78.6 Å². The third-order valence-electron chi connectivity index (χ3n) is 15.0. The van der Waals surface area contributed by atoms with Gasteiger partial charge >= 0.3 is 0 Å². The van der Waals surface area contributed by atoms with Crippen LogP contribution < -0.4 is 14.5 Å². The summed E-state index contributed by atoms with van der Waals surface area (Å²) in [6.45, 7) is 22.6. The summed E-state index contributed by atoms with van der Waals surface area (Å²) in [6.07, 6.45) is 2.04. The molecule has 0 bridgehead atoms. The molecule has 1 aliphatic rings. The van der Waals surface area contributed by atoms with Gasteiger partial charge in [0.1, 0.15) is 5.82 Å². The quantitative estimate of drug-likeness (QED) is 0.135. The maximum Gasteiger partial charge on any atom is 0.135 e. The Morgan fingerprint density at radius 2 is 1.00 bits per heavy atom. The Hall–Kier alpha value is -7.98. The first kappa shape index (κ1) is 52.1. The van der Waals surface area contributed by atoms with Crippen LogP contribution in [0.3, 0.4) is 0 Å². The number of para-hydroxylation sites is 3. The van der Waals surface area contributed by atoms with Crippen LogP contribution in [0.5, 0.6) is 11.5 Å². The normalized spacial score (nSPS) is 12.7. The number of fused-ring (bicyclic) bond motifs is 4. The van der Waals surface area contributed by atoms with Crippen LogP contribution in [-0.2, 0) is 37.3 Å². The molecule has 11 aromatic rings. The van der Waals surface area contributed by atoms with Gasteiger partial charge in [0.05, 0.1) is 0 Å². The van der Waals surface area contributed by atoms with Crippen molar-refractivity contribution in [3.05, 3.63) is 248 Å². The molecule has 0 atom stereocenters. The first-order valence-corrected chi connectivity index (χ1v) is 26.8. The van der Waals surface area contributed by atoms with Crippen molar-refractivity contribution in [2.75, 3.05) is 9.80 Å². The molecule has 3 heterocycles. The number of nitrogens with zero attached hydrogens (tertiary/aromatic N) is 4. The van der Waals surface area contributed by atoms with E-state index in [1.54, 1.807) is 0 Å². The van der Waals surface area contributed by atoms with Crippen molar-refractivity contribution in [2.24, 2.45) is 0 Å². The molecule has 0 N–H and O–H groups in total. The molecule has 0 aliphatic carbocycles. The van der Waals surface area contributed by atoms with E-state index in [0.717, 1.165) is 94.9 Å². The van der Waals surface area contributed by atoms with Gasteiger partial charge < -0.3 is 19.1 Å². The van der Waals surface area contributed by atoms with Gasteiger partial charge in [0.15, 0.2) is 0 Å². The molecular formula is C72H63N4OPt-3. The fraction of sp³-hybridized carbons (Fsp3) is 0.167. The summed E-state index contributed by atoms with van der Waals surface area (Å²) >= 11 is 0. The molecule has 1 aliphatic heterocycles. The Morgan fingerprint density at radius 1 is 0.436 bits per heavy atom. The Balaban J connectivity index is 0.00000645. The van der Waals surface area contributed by atoms with Crippen LogP contribution in [0.15, 0.2) is 212 Å². The van der Waals surface area contributed by atoms with E-state index >= 15 is 0 Å². The van der Waals surface area contributed by atoms with Gasteiger partial charge in [-0.3, -0.25) is 0 Å². The van der Waals surface area contributed by atoms with E-state index in [-0.39, 0.29) is 37.3 Å². The third kappa shape index (κ3) is 9.86. The van der Waals surface area contributed by atoms with Gasteiger partial charge in [0, 0.05) is 78.0 Å². The summed E-state index contributed by atoms with van der Waals surface area (Å²) in [5.41, 5.74) is 18.5. The molecular weight excluding hydrogens is 1130 g/mol. The van der Waals surface area contributed by atoms with E-state index in [1.165, 1.54) is 16.7 Å². The summed E-state index contributed by atoms with van der Waals surface area (Å²) in [6, 6.07) is 81.4. The number of hydrogen-bond donors (Lipinski definition) is 0. The van der Waals surface area contributed by atoms with Gasteiger partial charge in [-0.25, -0.2) is 4.98 Å². The number of ether oxygens (including phenoxy) is 1. The SMILES string of the molecule is CC(C)(C)c1ccc(-c2ccc3c(c2)c2ccc(Oc4[c-]c(N5[CH-]N(c6c(-c7ccccc7)cccc6-c6ccccc6)c6ccccc65)cc(C(C)(C)C)c4)[c-]c2n3-c2cc(C(C)(C)C)c(-c3ccccc3)cn2)cc1.[Pt]. The van der Waals surface area contributed by atoms with Crippen molar-refractivity contribution in [3.63, 3.8) is 0 Å². The van der Waals surface area contributed by atoms with E-state index in [0.29, 0.717) is 11.5 Å². The van der Waals surface area contributed by atoms with Gasteiger partial charge in [-0.1, -0.05) is 226 Å². The van der Waals surface area contributed by atoms with E-state index < -0.39 is 0 Å². The summed E-state index contributed by atoms with van der Waals surface area (Å²) in [7, 11) is 0. The number of aromatic nitrogens is 2. The van der Waals surface area contributed by atoms with Crippen molar-refractivity contribution >= 4 is 44.6 Å². The summed E-state index contributed by atoms with van der Waals surface area (Å²) in [5.74, 6) is 2.01. The predicted molar refractivity (Wildman–Crippen MR) is 322 cm³/mol. The Kier molecular flexibility index (Phi) is 13.6. The maximum absolute atomic E-state index is 7.05. The molecule has 0 saturated heterocycles. The molecule has 78 heavy (non-hydrogen) atoms. The van der Waals surface area contributed by atoms with Gasteiger partial charge in [-0.05, 0) is 84.8 Å². The Labute approximate surface area is 475 Å². The van der Waals surface area contributed by atoms with E-state index in [1.807, 2.05) is 12.3 Å². The van der Waals surface area contributed by atoms with Crippen LogP contribution in [0.2, 0.25) is 0 Å². The minimum atomic E-state index is -0.214. The average molecular weight is 1200 g/mol. The van der Waals surface area contributed by atoms with Crippen LogP contribution >= 0.6 is 0 Å². The molecule has 0 saturated carbocycles. The monoisotopic (exact) mass is 1190 g/mol. The van der Waals surface area contributed by atoms with Crippen LogP contribution in [0.25, 0.3) is 72.1 Å². The van der Waals surface area contributed by atoms with E-state index in [4.69, 9.17) is 9.72 Å². The number of anilines is 4. The molecule has 2 aromatic heterocycles. The molecule has 0 fully saturated rings. The first-order chi connectivity index (χ1) is 37.1. The molecule has 0 spiro atoms. The topological polar surface area (TPSA) is 33.5 Å². The van der Waals surface area contributed by atoms with E-state index in [9.17, 15) is 0 Å². The maximum atomic E-state index is 7.05. The smallest absolute Gasteiger partial charge is 0.135 e. The Morgan fingerprint density at radius 3 is 1.59 bits per heavy atom. The Bertz CT molecular complexity index is 3920. The zero-order valence-corrected chi connectivity index (χ0v) is 48.1. The van der Waals surface area contributed by atoms with Gasteiger partial charge in [0.2, 0.25) is 0 Å². The van der Waals surface area contributed by atoms with Crippen LogP contribution in [0.1, 0.15) is 79.0 Å². The molecule has 12 rings (SSSR count). The van der Waals surface area contributed by atoms with Crippen LogP contribution in [0.4, 0.5) is 22.7 Å². The minimum Gasteiger partial charge on any atom is -0.509 e. The number of hydrogen-bond acceptors (Lipinski definition) is 4. The number of rotatable bonds is 9. The first-order valence-electron chi connectivity index (χ1n) is 26.8. The zero-order chi connectivity index (χ0) is 53.2. The van der Waals surface area contributed by atoms with Crippen LogP contribution in [-0.4, -0.2) is 9.55 Å². The second kappa shape index (κ2) is 20.4. The molecule has 5 nitrogen and oxygen atoms in total. The molecule has 0 amide bonds. The summed E-state index contributed by atoms with van der Waals surface area (Å²) < 4.78 is 9.31. The molecule has 390 valence electrons. The second-order valence-electron chi connectivity index (χ2n) is 23.4. The van der Waals surface area contributed by atoms with E-state index in [2.05, 4.69) is 296 Å². The van der Waals surface area contributed by atoms with Gasteiger partial charge in [-0.15, -0.1) is 53.6 Å². The number of pyridine rings is 1.